The maximum Gasteiger partial charge on any atom is 0.135 e. The summed E-state index contributed by atoms with van der Waals surface area (Å²) >= 11 is 0. The lowest BCUT2D eigenvalue weighted by atomic mass is 9.92. The molecule has 0 radical (unpaired) electrons. The second-order valence-corrected chi connectivity index (χ2v) is 18.4. The number of furan rings is 2. The first-order chi connectivity index (χ1) is 35.1. The van der Waals surface area contributed by atoms with Gasteiger partial charge in [-0.15, -0.1) is 0 Å². The molecule has 0 N–H and O–H groups in total. The number of hydrogen-bond acceptors (Lipinski definition) is 3. The van der Waals surface area contributed by atoms with Gasteiger partial charge in [-0.1, -0.05) is 170 Å². The van der Waals surface area contributed by atoms with E-state index in [1.54, 1.807) is 0 Å². The molecule has 2 heterocycles. The first kappa shape index (κ1) is 40.6. The second-order valence-electron chi connectivity index (χ2n) is 18.4. The molecule has 14 aromatic rings. The minimum absolute atomic E-state index is 0.884. The number of rotatable bonds is 8. The predicted molar refractivity (Wildman–Crippen MR) is 298 cm³/mol. The molecule has 332 valence electrons. The molecule has 0 saturated heterocycles. The highest BCUT2D eigenvalue weighted by atomic mass is 16.3. The van der Waals surface area contributed by atoms with Crippen LogP contribution in [0.4, 0.5) is 17.1 Å². The third-order valence-corrected chi connectivity index (χ3v) is 14.3. The van der Waals surface area contributed by atoms with E-state index in [1.165, 1.54) is 43.8 Å². The quantitative estimate of drug-likeness (QED) is 0.152. The van der Waals surface area contributed by atoms with Crippen molar-refractivity contribution >= 4 is 82.5 Å². The van der Waals surface area contributed by atoms with E-state index in [0.29, 0.717) is 0 Å². The van der Waals surface area contributed by atoms with Gasteiger partial charge in [0.1, 0.15) is 22.3 Å². The topological polar surface area (TPSA) is 29.5 Å². The third-order valence-electron chi connectivity index (χ3n) is 14.3. The highest BCUT2D eigenvalue weighted by Crippen LogP contribution is 2.42. The van der Waals surface area contributed by atoms with Crippen LogP contribution in [0.3, 0.4) is 0 Å². The van der Waals surface area contributed by atoms with Crippen LogP contribution in [-0.4, -0.2) is 0 Å². The molecule has 0 aliphatic rings. The summed E-state index contributed by atoms with van der Waals surface area (Å²) in [6.45, 7) is 0. The first-order valence-electron chi connectivity index (χ1n) is 24.2. The van der Waals surface area contributed by atoms with Gasteiger partial charge in [0.15, 0.2) is 0 Å². The van der Waals surface area contributed by atoms with E-state index < -0.39 is 0 Å². The van der Waals surface area contributed by atoms with Crippen LogP contribution in [0, 0.1) is 0 Å². The van der Waals surface area contributed by atoms with Gasteiger partial charge >= 0.3 is 0 Å². The summed E-state index contributed by atoms with van der Waals surface area (Å²) in [5.74, 6) is 0. The fourth-order valence-electron chi connectivity index (χ4n) is 10.7. The molecule has 3 heteroatoms. The summed E-state index contributed by atoms with van der Waals surface area (Å²) in [6.07, 6.45) is 0. The summed E-state index contributed by atoms with van der Waals surface area (Å²) in [5, 5.41) is 9.41. The van der Waals surface area contributed by atoms with E-state index in [1.807, 2.05) is 24.3 Å². The van der Waals surface area contributed by atoms with Crippen LogP contribution < -0.4 is 4.90 Å². The molecule has 0 amide bonds. The van der Waals surface area contributed by atoms with Gasteiger partial charge in [0.25, 0.3) is 0 Å². The fourth-order valence-corrected chi connectivity index (χ4v) is 10.7. The van der Waals surface area contributed by atoms with Crippen molar-refractivity contribution in [1.29, 1.82) is 0 Å². The maximum atomic E-state index is 6.26. The first-order valence-corrected chi connectivity index (χ1v) is 24.2. The Morgan fingerprint density at radius 2 is 0.549 bits per heavy atom. The average Bonchev–Trinajstić information content (AvgIpc) is 4.01. The van der Waals surface area contributed by atoms with Crippen molar-refractivity contribution in [2.75, 3.05) is 4.90 Å². The van der Waals surface area contributed by atoms with Crippen molar-refractivity contribution < 1.29 is 8.83 Å². The highest BCUT2D eigenvalue weighted by molar-refractivity contribution is 6.08. The van der Waals surface area contributed by atoms with Crippen LogP contribution in [0.5, 0.6) is 0 Å². The third kappa shape index (κ3) is 7.14. The Morgan fingerprint density at radius 1 is 0.211 bits per heavy atom. The zero-order chi connectivity index (χ0) is 46.8. The molecular formula is C68H43NO2. The van der Waals surface area contributed by atoms with E-state index in [0.717, 1.165) is 94.3 Å². The zero-order valence-electron chi connectivity index (χ0n) is 38.6. The van der Waals surface area contributed by atoms with E-state index in [4.69, 9.17) is 8.83 Å². The second kappa shape index (κ2) is 16.7. The van der Waals surface area contributed by atoms with Gasteiger partial charge in [-0.2, -0.15) is 0 Å². The summed E-state index contributed by atoms with van der Waals surface area (Å²) in [4.78, 5) is 2.36. The lowest BCUT2D eigenvalue weighted by molar-refractivity contribution is 0.668. The molecule has 14 rings (SSSR count). The van der Waals surface area contributed by atoms with Gasteiger partial charge in [0.2, 0.25) is 0 Å². The Labute approximate surface area is 410 Å². The largest absolute Gasteiger partial charge is 0.456 e. The maximum absolute atomic E-state index is 6.26. The van der Waals surface area contributed by atoms with Crippen LogP contribution in [0.25, 0.3) is 121 Å². The molecule has 3 nitrogen and oxygen atoms in total. The van der Waals surface area contributed by atoms with Crippen molar-refractivity contribution in [1.82, 2.24) is 0 Å². The summed E-state index contributed by atoms with van der Waals surface area (Å²) < 4.78 is 12.5. The van der Waals surface area contributed by atoms with Crippen molar-refractivity contribution in [2.24, 2.45) is 0 Å². The Morgan fingerprint density at radius 3 is 1.00 bits per heavy atom. The van der Waals surface area contributed by atoms with Gasteiger partial charge in [-0.05, 0) is 168 Å². The average molecular weight is 906 g/mol. The molecule has 0 spiro atoms. The molecular weight excluding hydrogens is 863 g/mol. The number of hydrogen-bond donors (Lipinski definition) is 0. The molecule has 0 fully saturated rings. The van der Waals surface area contributed by atoms with E-state index in [2.05, 4.69) is 241 Å². The van der Waals surface area contributed by atoms with E-state index >= 15 is 0 Å². The van der Waals surface area contributed by atoms with E-state index in [9.17, 15) is 0 Å². The van der Waals surface area contributed by atoms with Crippen molar-refractivity contribution in [3.05, 3.63) is 261 Å². The van der Waals surface area contributed by atoms with Crippen LogP contribution in [-0.2, 0) is 0 Å². The number of fused-ring (bicyclic) bond motifs is 8. The monoisotopic (exact) mass is 905 g/mol. The summed E-state index contributed by atoms with van der Waals surface area (Å²) in [6, 6.07) is 94.0. The number of para-hydroxylation sites is 2. The standard InChI is InChI=1S/C68H43NO2/c1-3-15-57-45(11-1)13-9-19-59(57)47-25-33-55(34-26-47)69(56-35-27-48(28-36-56)60-20-10-14-46-12-2-4-16-58(46)60)54-31-23-44(24-32-54)51-39-52(49-29-37-67-63(42-49)61-17-5-7-21-65(61)70-67)41-53(40-51)50-30-38-68-64(43-50)62-18-6-8-22-66(62)71-68/h1-43H. The molecule has 0 aliphatic carbocycles. The Bertz CT molecular complexity index is 4060. The van der Waals surface area contributed by atoms with Crippen molar-refractivity contribution in [3.63, 3.8) is 0 Å². The fraction of sp³-hybridized carbons (Fsp3) is 0. The molecule has 71 heavy (non-hydrogen) atoms. The molecule has 12 aromatic carbocycles. The van der Waals surface area contributed by atoms with Crippen LogP contribution in [0.15, 0.2) is 270 Å². The SMILES string of the molecule is c1ccc2c(-c3ccc(N(c4ccc(-c5cc(-c6ccc7oc8ccccc8c7c6)cc(-c6ccc7oc8ccccc8c7c6)c5)cc4)c4ccc(-c5cccc6ccccc56)cc4)cc3)cccc2c1. The van der Waals surface area contributed by atoms with Gasteiger partial charge in [0.05, 0.1) is 0 Å². The molecule has 2 aromatic heterocycles. The molecule has 0 atom stereocenters. The normalized spacial score (nSPS) is 11.7. The van der Waals surface area contributed by atoms with Gasteiger partial charge in [-0.3, -0.25) is 0 Å². The van der Waals surface area contributed by atoms with Gasteiger partial charge in [0, 0.05) is 38.6 Å². The Kier molecular flexibility index (Phi) is 9.53. The minimum Gasteiger partial charge on any atom is -0.456 e. The van der Waals surface area contributed by atoms with Gasteiger partial charge < -0.3 is 13.7 Å². The van der Waals surface area contributed by atoms with Gasteiger partial charge in [-0.25, -0.2) is 0 Å². The van der Waals surface area contributed by atoms with Crippen LogP contribution >= 0.6 is 0 Å². The Hall–Kier alpha value is -9.44. The predicted octanol–water partition coefficient (Wildman–Crippen LogP) is 19.6. The van der Waals surface area contributed by atoms with Crippen LogP contribution in [0.2, 0.25) is 0 Å². The number of benzene rings is 12. The van der Waals surface area contributed by atoms with Crippen LogP contribution in [0.1, 0.15) is 0 Å². The number of anilines is 3. The molecule has 0 bridgehead atoms. The van der Waals surface area contributed by atoms with Crippen molar-refractivity contribution in [3.8, 4) is 55.6 Å². The summed E-state index contributed by atoms with van der Waals surface area (Å²) in [5.41, 5.74) is 18.4. The molecule has 0 unspecified atom stereocenters. The zero-order valence-corrected chi connectivity index (χ0v) is 38.6. The molecule has 0 aliphatic heterocycles. The summed E-state index contributed by atoms with van der Waals surface area (Å²) in [7, 11) is 0. The van der Waals surface area contributed by atoms with Crippen molar-refractivity contribution in [2.45, 2.75) is 0 Å². The lowest BCUT2D eigenvalue weighted by Gasteiger charge is -2.26. The number of nitrogens with zero attached hydrogens (tertiary/aromatic N) is 1. The minimum atomic E-state index is 0.884. The van der Waals surface area contributed by atoms with E-state index in [-0.39, 0.29) is 0 Å². The smallest absolute Gasteiger partial charge is 0.135 e. The molecule has 0 saturated carbocycles. The highest BCUT2D eigenvalue weighted by Gasteiger charge is 2.17. The lowest BCUT2D eigenvalue weighted by Crippen LogP contribution is -2.09. The Balaban J connectivity index is 0.885.